The van der Waals surface area contributed by atoms with E-state index in [-0.39, 0.29) is 5.41 Å². The fourth-order valence-corrected chi connectivity index (χ4v) is 3.47. The van der Waals surface area contributed by atoms with E-state index in [9.17, 15) is 0 Å². The molecule has 3 nitrogen and oxygen atoms in total. The summed E-state index contributed by atoms with van der Waals surface area (Å²) >= 11 is 0. The quantitative estimate of drug-likeness (QED) is 0.714. The molecule has 2 aromatic carbocycles. The SMILES string of the molecule is CC(C)(C)[C](Cc1ccccc1)c1ccc(OCCN2CCOCC2)cc1. The summed E-state index contributed by atoms with van der Waals surface area (Å²) in [6.45, 7) is 12.2. The van der Waals surface area contributed by atoms with E-state index in [1.54, 1.807) is 0 Å². The number of morpholine rings is 1. The molecular weight excluding hydrogens is 334 g/mol. The van der Waals surface area contributed by atoms with E-state index in [0.29, 0.717) is 0 Å². The first-order valence-electron chi connectivity index (χ1n) is 9.96. The van der Waals surface area contributed by atoms with Gasteiger partial charge >= 0.3 is 0 Å². The third-order valence-electron chi connectivity index (χ3n) is 5.11. The van der Waals surface area contributed by atoms with Crippen molar-refractivity contribution in [3.63, 3.8) is 0 Å². The van der Waals surface area contributed by atoms with Crippen molar-refractivity contribution in [1.82, 2.24) is 4.90 Å². The van der Waals surface area contributed by atoms with Gasteiger partial charge in [-0.1, -0.05) is 63.2 Å². The first kappa shape index (κ1) is 19.9. The van der Waals surface area contributed by atoms with Crippen LogP contribution in [0.2, 0.25) is 0 Å². The summed E-state index contributed by atoms with van der Waals surface area (Å²) in [5.41, 5.74) is 2.77. The molecule has 145 valence electrons. The monoisotopic (exact) mass is 366 g/mol. The minimum absolute atomic E-state index is 0.120. The molecule has 1 aliphatic heterocycles. The molecule has 1 heterocycles. The van der Waals surface area contributed by atoms with Gasteiger partial charge in [0.2, 0.25) is 0 Å². The van der Waals surface area contributed by atoms with Crippen LogP contribution in [0, 0.1) is 11.3 Å². The van der Waals surface area contributed by atoms with E-state index in [1.165, 1.54) is 17.0 Å². The lowest BCUT2D eigenvalue weighted by Gasteiger charge is -2.31. The van der Waals surface area contributed by atoms with Crippen LogP contribution in [-0.2, 0) is 11.2 Å². The predicted molar refractivity (Wildman–Crippen MR) is 111 cm³/mol. The summed E-state index contributed by atoms with van der Waals surface area (Å²) in [4.78, 5) is 2.39. The second kappa shape index (κ2) is 9.38. The predicted octanol–water partition coefficient (Wildman–Crippen LogP) is 4.61. The van der Waals surface area contributed by atoms with Crippen LogP contribution in [0.25, 0.3) is 0 Å². The maximum Gasteiger partial charge on any atom is 0.119 e. The Hall–Kier alpha value is -1.84. The van der Waals surface area contributed by atoms with Crippen molar-refractivity contribution < 1.29 is 9.47 Å². The number of rotatable bonds is 7. The number of nitrogens with zero attached hydrogens (tertiary/aromatic N) is 1. The van der Waals surface area contributed by atoms with Gasteiger partial charge in [0.1, 0.15) is 12.4 Å². The lowest BCUT2D eigenvalue weighted by Crippen LogP contribution is -2.38. The molecule has 1 radical (unpaired) electrons. The van der Waals surface area contributed by atoms with Crippen LogP contribution in [0.15, 0.2) is 54.6 Å². The maximum absolute atomic E-state index is 5.96. The van der Waals surface area contributed by atoms with E-state index in [4.69, 9.17) is 9.47 Å². The van der Waals surface area contributed by atoms with Crippen molar-refractivity contribution in [1.29, 1.82) is 0 Å². The fraction of sp³-hybridized carbons (Fsp3) is 0.458. The Balaban J connectivity index is 1.59. The average molecular weight is 367 g/mol. The minimum atomic E-state index is 0.120. The molecule has 2 aromatic rings. The van der Waals surface area contributed by atoms with Gasteiger partial charge in [-0.25, -0.2) is 0 Å². The van der Waals surface area contributed by atoms with E-state index in [2.05, 4.69) is 80.3 Å². The normalized spacial score (nSPS) is 15.9. The average Bonchev–Trinajstić information content (AvgIpc) is 2.68. The molecular formula is C24H32NO2. The van der Waals surface area contributed by atoms with Crippen LogP contribution in [-0.4, -0.2) is 44.4 Å². The Morgan fingerprint density at radius 3 is 2.26 bits per heavy atom. The summed E-state index contributed by atoms with van der Waals surface area (Å²) in [5.74, 6) is 2.40. The molecule has 1 fully saturated rings. The Morgan fingerprint density at radius 1 is 0.963 bits per heavy atom. The second-order valence-corrected chi connectivity index (χ2v) is 8.22. The van der Waals surface area contributed by atoms with Gasteiger partial charge in [-0.3, -0.25) is 4.90 Å². The van der Waals surface area contributed by atoms with Gasteiger partial charge in [-0.05, 0) is 35.1 Å². The van der Waals surface area contributed by atoms with Gasteiger partial charge < -0.3 is 9.47 Å². The van der Waals surface area contributed by atoms with Crippen molar-refractivity contribution in [2.24, 2.45) is 5.41 Å². The van der Waals surface area contributed by atoms with Crippen molar-refractivity contribution in [3.05, 3.63) is 71.6 Å². The molecule has 1 aliphatic rings. The number of benzene rings is 2. The summed E-state index contributed by atoms with van der Waals surface area (Å²) in [6.07, 6.45) is 0.974. The molecule has 3 rings (SSSR count). The van der Waals surface area contributed by atoms with Crippen LogP contribution in [0.5, 0.6) is 5.75 Å². The molecule has 3 heteroatoms. The summed E-state index contributed by atoms with van der Waals surface area (Å²) in [7, 11) is 0. The Morgan fingerprint density at radius 2 is 1.63 bits per heavy atom. The highest BCUT2D eigenvalue weighted by atomic mass is 16.5. The van der Waals surface area contributed by atoms with Crippen LogP contribution in [0.4, 0.5) is 0 Å². The third kappa shape index (κ3) is 6.08. The van der Waals surface area contributed by atoms with Gasteiger partial charge in [0.15, 0.2) is 0 Å². The molecule has 0 amide bonds. The Kier molecular flexibility index (Phi) is 6.92. The Labute approximate surface area is 164 Å². The number of ether oxygens (including phenoxy) is 2. The zero-order valence-electron chi connectivity index (χ0n) is 16.9. The summed E-state index contributed by atoms with van der Waals surface area (Å²) < 4.78 is 11.3. The van der Waals surface area contributed by atoms with Gasteiger partial charge in [-0.2, -0.15) is 0 Å². The summed E-state index contributed by atoms with van der Waals surface area (Å²) in [6, 6.07) is 19.3. The van der Waals surface area contributed by atoms with E-state index in [1.807, 2.05) is 0 Å². The van der Waals surface area contributed by atoms with Crippen molar-refractivity contribution in [2.75, 3.05) is 39.5 Å². The van der Waals surface area contributed by atoms with E-state index in [0.717, 1.165) is 51.6 Å². The highest BCUT2D eigenvalue weighted by Gasteiger charge is 2.27. The van der Waals surface area contributed by atoms with Gasteiger partial charge in [-0.15, -0.1) is 0 Å². The molecule has 0 aliphatic carbocycles. The lowest BCUT2D eigenvalue weighted by molar-refractivity contribution is 0.0322. The molecule has 0 saturated carbocycles. The molecule has 0 N–H and O–H groups in total. The smallest absolute Gasteiger partial charge is 0.119 e. The topological polar surface area (TPSA) is 21.7 Å². The van der Waals surface area contributed by atoms with Crippen molar-refractivity contribution in [2.45, 2.75) is 27.2 Å². The van der Waals surface area contributed by atoms with Gasteiger partial charge in [0.25, 0.3) is 0 Å². The standard InChI is InChI=1S/C24H32NO2/c1-24(2,3)23(19-20-7-5-4-6-8-20)21-9-11-22(12-10-21)27-18-15-25-13-16-26-17-14-25/h4-12H,13-19H2,1-3H3. The molecule has 0 bridgehead atoms. The minimum Gasteiger partial charge on any atom is -0.492 e. The molecule has 27 heavy (non-hydrogen) atoms. The second-order valence-electron chi connectivity index (χ2n) is 8.22. The third-order valence-corrected chi connectivity index (χ3v) is 5.11. The zero-order valence-corrected chi connectivity index (χ0v) is 16.9. The molecule has 0 spiro atoms. The van der Waals surface area contributed by atoms with Crippen molar-refractivity contribution >= 4 is 0 Å². The molecule has 0 aromatic heterocycles. The van der Waals surface area contributed by atoms with E-state index < -0.39 is 0 Å². The maximum atomic E-state index is 5.96. The molecule has 1 saturated heterocycles. The first-order chi connectivity index (χ1) is 13.0. The zero-order chi connectivity index (χ0) is 19.1. The lowest BCUT2D eigenvalue weighted by atomic mass is 9.73. The van der Waals surface area contributed by atoms with E-state index >= 15 is 0 Å². The first-order valence-corrected chi connectivity index (χ1v) is 9.96. The fourth-order valence-electron chi connectivity index (χ4n) is 3.47. The highest BCUT2D eigenvalue weighted by Crippen LogP contribution is 2.37. The Bertz CT molecular complexity index is 670. The largest absolute Gasteiger partial charge is 0.492 e. The number of hydrogen-bond donors (Lipinski definition) is 0. The molecule has 0 unspecified atom stereocenters. The summed E-state index contributed by atoms with van der Waals surface area (Å²) in [5, 5.41) is 0. The van der Waals surface area contributed by atoms with Gasteiger partial charge in [0, 0.05) is 25.6 Å². The van der Waals surface area contributed by atoms with Crippen LogP contribution in [0.1, 0.15) is 31.9 Å². The van der Waals surface area contributed by atoms with Gasteiger partial charge in [0.05, 0.1) is 13.2 Å². The van der Waals surface area contributed by atoms with Crippen LogP contribution < -0.4 is 4.74 Å². The number of hydrogen-bond acceptors (Lipinski definition) is 3. The van der Waals surface area contributed by atoms with Crippen molar-refractivity contribution in [3.8, 4) is 5.75 Å². The highest BCUT2D eigenvalue weighted by molar-refractivity contribution is 5.40. The van der Waals surface area contributed by atoms with Crippen LogP contribution in [0.3, 0.4) is 0 Å². The molecule has 0 atom stereocenters. The van der Waals surface area contributed by atoms with Crippen LogP contribution >= 0.6 is 0 Å².